The van der Waals surface area contributed by atoms with Crippen molar-refractivity contribution in [3.05, 3.63) is 80.5 Å². The molecule has 0 saturated heterocycles. The minimum Gasteiger partial charge on any atom is -0.486 e. The van der Waals surface area contributed by atoms with Gasteiger partial charge in [0.2, 0.25) is 0 Å². The van der Waals surface area contributed by atoms with Crippen LogP contribution in [0.3, 0.4) is 0 Å². The summed E-state index contributed by atoms with van der Waals surface area (Å²) in [5.41, 5.74) is 5.43. The van der Waals surface area contributed by atoms with E-state index in [0.717, 1.165) is 10.5 Å². The Labute approximate surface area is 199 Å². The van der Waals surface area contributed by atoms with Crippen LogP contribution in [0.1, 0.15) is 22.8 Å². The van der Waals surface area contributed by atoms with Crippen LogP contribution in [-0.2, 0) is 16.1 Å². The van der Waals surface area contributed by atoms with Gasteiger partial charge in [-0.1, -0.05) is 30.3 Å². The lowest BCUT2D eigenvalue weighted by atomic mass is 10.2. The van der Waals surface area contributed by atoms with E-state index in [9.17, 15) is 19.2 Å². The molecule has 0 atom stereocenters. The molecular formula is C24H24N4O7. The second kappa shape index (κ2) is 10.2. The van der Waals surface area contributed by atoms with Gasteiger partial charge in [0.25, 0.3) is 11.5 Å². The van der Waals surface area contributed by atoms with Crippen molar-refractivity contribution >= 4 is 23.4 Å². The molecule has 11 heteroatoms. The van der Waals surface area contributed by atoms with Gasteiger partial charge in [-0.2, -0.15) is 0 Å². The fraction of sp³-hybridized carbons (Fsp3) is 0.250. The molecule has 1 amide bonds. The summed E-state index contributed by atoms with van der Waals surface area (Å²) in [6.07, 6.45) is 0. The number of fused-ring (bicyclic) bond motifs is 1. The third-order valence-electron chi connectivity index (χ3n) is 5.39. The zero-order valence-corrected chi connectivity index (χ0v) is 19.0. The maximum absolute atomic E-state index is 12.9. The Bertz CT molecular complexity index is 1360. The zero-order chi connectivity index (χ0) is 24.9. The standard InChI is InChI=1S/C24H24N4O7/c1-2-27(19(29)14-35-23(31)16-8-9-17-18(12-16)34-11-10-33-17)20-21(25)28(24(32)26-22(20)30)13-15-6-4-3-5-7-15/h3-9,12H,2,10-11,13-14,25H2,1H3,(H,26,30,32). The van der Waals surface area contributed by atoms with Crippen molar-refractivity contribution in [3.8, 4) is 11.5 Å². The number of nitrogens with zero attached hydrogens (tertiary/aromatic N) is 2. The number of carbonyl (C=O) groups excluding carboxylic acids is 2. The first kappa shape index (κ1) is 23.6. The molecule has 0 unspecified atom stereocenters. The first-order chi connectivity index (χ1) is 16.9. The quantitative estimate of drug-likeness (QED) is 0.479. The van der Waals surface area contributed by atoms with Crippen LogP contribution in [-0.4, -0.2) is 47.8 Å². The highest BCUT2D eigenvalue weighted by atomic mass is 16.6. The number of hydrogen-bond donors (Lipinski definition) is 2. The van der Waals surface area contributed by atoms with Gasteiger partial charge >= 0.3 is 11.7 Å². The number of nitrogens with one attached hydrogen (secondary N) is 1. The van der Waals surface area contributed by atoms with Crippen molar-refractivity contribution < 1.29 is 23.8 Å². The smallest absolute Gasteiger partial charge is 0.338 e. The van der Waals surface area contributed by atoms with Crippen molar-refractivity contribution in [2.75, 3.05) is 37.0 Å². The topological polar surface area (TPSA) is 146 Å². The molecule has 1 aliphatic heterocycles. The summed E-state index contributed by atoms with van der Waals surface area (Å²) in [5, 5.41) is 0. The van der Waals surface area contributed by atoms with Crippen molar-refractivity contribution in [1.29, 1.82) is 0 Å². The first-order valence-electron chi connectivity index (χ1n) is 10.9. The number of hydrogen-bond acceptors (Lipinski definition) is 8. The average molecular weight is 480 g/mol. The number of nitrogens with two attached hydrogens (primary N) is 1. The molecule has 0 bridgehead atoms. The molecule has 2 heterocycles. The predicted octanol–water partition coefficient (Wildman–Crippen LogP) is 1.15. The summed E-state index contributed by atoms with van der Waals surface area (Å²) in [7, 11) is 0. The zero-order valence-electron chi connectivity index (χ0n) is 19.0. The number of H-pyrrole nitrogens is 1. The third-order valence-corrected chi connectivity index (χ3v) is 5.39. The van der Waals surface area contributed by atoms with E-state index in [-0.39, 0.29) is 30.2 Å². The number of likely N-dealkylation sites (N-methyl/N-ethyl adjacent to an activating group) is 1. The molecule has 3 N–H and O–H groups in total. The summed E-state index contributed by atoms with van der Waals surface area (Å²) < 4.78 is 17.2. The maximum atomic E-state index is 12.9. The van der Waals surface area contributed by atoms with Crippen LogP contribution in [0.25, 0.3) is 0 Å². The Hall–Kier alpha value is -4.54. The predicted molar refractivity (Wildman–Crippen MR) is 127 cm³/mol. The van der Waals surface area contributed by atoms with Crippen molar-refractivity contribution in [3.63, 3.8) is 0 Å². The van der Waals surface area contributed by atoms with E-state index in [0.29, 0.717) is 24.7 Å². The Balaban J connectivity index is 1.52. The normalized spacial score (nSPS) is 12.1. The third kappa shape index (κ3) is 5.03. The summed E-state index contributed by atoms with van der Waals surface area (Å²) in [5.74, 6) is -0.674. The molecule has 0 radical (unpaired) electrons. The van der Waals surface area contributed by atoms with E-state index >= 15 is 0 Å². The largest absolute Gasteiger partial charge is 0.486 e. The minimum absolute atomic E-state index is 0.0528. The van der Waals surface area contributed by atoms with Crippen molar-refractivity contribution in [2.45, 2.75) is 13.5 Å². The van der Waals surface area contributed by atoms with Crippen LogP contribution in [0.4, 0.5) is 11.5 Å². The fourth-order valence-corrected chi connectivity index (χ4v) is 3.68. The Morgan fingerprint density at radius 3 is 2.51 bits per heavy atom. The average Bonchev–Trinajstić information content (AvgIpc) is 2.87. The molecule has 35 heavy (non-hydrogen) atoms. The molecule has 0 spiro atoms. The van der Waals surface area contributed by atoms with Crippen molar-refractivity contribution in [1.82, 2.24) is 9.55 Å². The lowest BCUT2D eigenvalue weighted by Gasteiger charge is -2.23. The molecule has 4 rings (SSSR count). The van der Waals surface area contributed by atoms with E-state index in [1.165, 1.54) is 16.7 Å². The number of amides is 1. The van der Waals surface area contributed by atoms with Gasteiger partial charge in [0.1, 0.15) is 19.0 Å². The molecule has 2 aromatic carbocycles. The Morgan fingerprint density at radius 1 is 1.09 bits per heavy atom. The summed E-state index contributed by atoms with van der Waals surface area (Å²) in [6, 6.07) is 13.6. The Kier molecular flexibility index (Phi) is 6.86. The van der Waals surface area contributed by atoms with Crippen molar-refractivity contribution in [2.24, 2.45) is 0 Å². The second-order valence-electron chi connectivity index (χ2n) is 7.64. The van der Waals surface area contributed by atoms with Gasteiger partial charge in [0.15, 0.2) is 23.8 Å². The molecule has 11 nitrogen and oxygen atoms in total. The second-order valence-corrected chi connectivity index (χ2v) is 7.64. The number of esters is 1. The number of aromatic amines is 1. The van der Waals surface area contributed by atoms with E-state index in [4.69, 9.17) is 19.9 Å². The number of nitrogen functional groups attached to an aromatic ring is 1. The van der Waals surface area contributed by atoms with Gasteiger partial charge in [0.05, 0.1) is 12.1 Å². The summed E-state index contributed by atoms with van der Waals surface area (Å²) in [4.78, 5) is 53.7. The van der Waals surface area contributed by atoms with Crippen LogP contribution in [0.5, 0.6) is 11.5 Å². The lowest BCUT2D eigenvalue weighted by Crippen LogP contribution is -2.42. The number of ether oxygens (including phenoxy) is 3. The van der Waals surface area contributed by atoms with E-state index in [1.54, 1.807) is 37.3 Å². The van der Waals surface area contributed by atoms with Gasteiger partial charge in [-0.15, -0.1) is 0 Å². The van der Waals surface area contributed by atoms with Crippen LogP contribution in [0, 0.1) is 0 Å². The summed E-state index contributed by atoms with van der Waals surface area (Å²) >= 11 is 0. The number of aromatic nitrogens is 2. The van der Waals surface area contributed by atoms with Crippen LogP contribution in [0.2, 0.25) is 0 Å². The van der Waals surface area contributed by atoms with E-state index in [2.05, 4.69) is 4.98 Å². The van der Waals surface area contributed by atoms with Crippen LogP contribution >= 0.6 is 0 Å². The maximum Gasteiger partial charge on any atom is 0.338 e. The molecular weight excluding hydrogens is 456 g/mol. The molecule has 0 fully saturated rings. The highest BCUT2D eigenvalue weighted by Gasteiger charge is 2.25. The van der Waals surface area contributed by atoms with E-state index < -0.39 is 29.7 Å². The Morgan fingerprint density at radius 2 is 1.80 bits per heavy atom. The highest BCUT2D eigenvalue weighted by Crippen LogP contribution is 2.31. The number of carbonyl (C=O) groups is 2. The van der Waals surface area contributed by atoms with Gasteiger partial charge in [-0.3, -0.25) is 19.1 Å². The number of rotatable bonds is 7. The first-order valence-corrected chi connectivity index (χ1v) is 10.9. The molecule has 1 aromatic heterocycles. The molecule has 3 aromatic rings. The monoisotopic (exact) mass is 480 g/mol. The summed E-state index contributed by atoms with van der Waals surface area (Å²) in [6.45, 7) is 1.91. The SMILES string of the molecule is CCN(C(=O)COC(=O)c1ccc2c(c1)OCCO2)c1c(N)n(Cc2ccccc2)c(=O)[nH]c1=O. The number of benzene rings is 2. The molecule has 1 aliphatic rings. The van der Waals surface area contributed by atoms with Gasteiger partial charge in [0, 0.05) is 6.54 Å². The molecule has 0 saturated carbocycles. The van der Waals surface area contributed by atoms with Crippen LogP contribution in [0.15, 0.2) is 58.1 Å². The lowest BCUT2D eigenvalue weighted by molar-refractivity contribution is -0.121. The van der Waals surface area contributed by atoms with Crippen LogP contribution < -0.4 is 31.4 Å². The van der Waals surface area contributed by atoms with Gasteiger partial charge in [-0.05, 0) is 30.7 Å². The highest BCUT2D eigenvalue weighted by molar-refractivity contribution is 5.98. The number of anilines is 2. The van der Waals surface area contributed by atoms with Gasteiger partial charge < -0.3 is 24.8 Å². The molecule has 0 aliphatic carbocycles. The van der Waals surface area contributed by atoms with E-state index in [1.807, 2.05) is 6.07 Å². The van der Waals surface area contributed by atoms with Gasteiger partial charge in [-0.25, -0.2) is 9.59 Å². The molecule has 182 valence electrons. The fourth-order valence-electron chi connectivity index (χ4n) is 3.68. The minimum atomic E-state index is -0.815.